The average molecular weight is 354 g/mol. The molecular formula is C19H16NO4S-. The number of thiazole rings is 1. The minimum atomic E-state index is -1.12. The Morgan fingerprint density at radius 2 is 1.92 bits per heavy atom. The zero-order valence-electron chi connectivity index (χ0n) is 13.6. The first-order chi connectivity index (χ1) is 12.1. The van der Waals surface area contributed by atoms with E-state index in [4.69, 9.17) is 9.47 Å². The molecule has 128 valence electrons. The highest BCUT2D eigenvalue weighted by Gasteiger charge is 2.06. The number of ether oxygens (including phenoxy) is 2. The molecule has 3 aromatic rings. The van der Waals surface area contributed by atoms with Crippen molar-refractivity contribution in [2.75, 3.05) is 7.11 Å². The average Bonchev–Trinajstić information content (AvgIpc) is 3.08. The highest BCUT2D eigenvalue weighted by molar-refractivity contribution is 7.13. The Morgan fingerprint density at radius 3 is 2.64 bits per heavy atom. The van der Waals surface area contributed by atoms with Gasteiger partial charge in [0, 0.05) is 29.4 Å². The summed E-state index contributed by atoms with van der Waals surface area (Å²) in [4.78, 5) is 14.9. The standard InChI is InChI=1S/C19H17NO4S/c1-23-16-3-2-4-17(10-16)24-11-13-5-7-14(8-6-13)19-20-15(12-25-19)9-18(21)22/h2-8,10,12H,9,11H2,1H3,(H,21,22)/p-1. The topological polar surface area (TPSA) is 71.5 Å². The fraction of sp³-hybridized carbons (Fsp3) is 0.158. The quantitative estimate of drug-likeness (QED) is 0.652. The maximum atomic E-state index is 10.6. The summed E-state index contributed by atoms with van der Waals surface area (Å²) in [6.07, 6.45) is -0.164. The van der Waals surface area contributed by atoms with Crippen LogP contribution in [0.1, 0.15) is 11.3 Å². The second-order valence-electron chi connectivity index (χ2n) is 5.36. The third kappa shape index (κ3) is 4.58. The highest BCUT2D eigenvalue weighted by Crippen LogP contribution is 2.25. The van der Waals surface area contributed by atoms with Crippen molar-refractivity contribution in [3.8, 4) is 22.1 Å². The number of carbonyl (C=O) groups is 1. The lowest BCUT2D eigenvalue weighted by Gasteiger charge is -2.08. The molecule has 0 aliphatic carbocycles. The van der Waals surface area contributed by atoms with Crippen molar-refractivity contribution in [2.24, 2.45) is 0 Å². The number of carboxylic acids is 1. The van der Waals surface area contributed by atoms with Crippen molar-refractivity contribution in [3.63, 3.8) is 0 Å². The van der Waals surface area contributed by atoms with Crippen molar-refractivity contribution in [3.05, 3.63) is 65.2 Å². The van der Waals surface area contributed by atoms with Crippen LogP contribution in [0.4, 0.5) is 0 Å². The van der Waals surface area contributed by atoms with E-state index in [-0.39, 0.29) is 6.42 Å². The summed E-state index contributed by atoms with van der Waals surface area (Å²) in [5.74, 6) is 0.376. The molecule has 6 heteroatoms. The van der Waals surface area contributed by atoms with Crippen LogP contribution in [0.5, 0.6) is 11.5 Å². The van der Waals surface area contributed by atoms with Crippen LogP contribution in [0.15, 0.2) is 53.9 Å². The molecule has 3 rings (SSSR count). The van der Waals surface area contributed by atoms with E-state index in [2.05, 4.69) is 4.98 Å². The molecule has 5 nitrogen and oxygen atoms in total. The predicted octanol–water partition coefficient (Wildman–Crippen LogP) is 2.69. The van der Waals surface area contributed by atoms with Gasteiger partial charge in [0.15, 0.2) is 0 Å². The molecular weight excluding hydrogens is 338 g/mol. The maximum Gasteiger partial charge on any atom is 0.123 e. The number of benzene rings is 2. The van der Waals surface area contributed by atoms with Gasteiger partial charge in [0.25, 0.3) is 0 Å². The van der Waals surface area contributed by atoms with E-state index in [0.717, 1.165) is 27.6 Å². The van der Waals surface area contributed by atoms with E-state index in [1.54, 1.807) is 12.5 Å². The van der Waals surface area contributed by atoms with Crippen LogP contribution >= 0.6 is 11.3 Å². The minimum absolute atomic E-state index is 0.164. The van der Waals surface area contributed by atoms with E-state index in [0.29, 0.717) is 12.3 Å². The lowest BCUT2D eigenvalue weighted by molar-refractivity contribution is -0.304. The number of hydrogen-bond acceptors (Lipinski definition) is 6. The van der Waals surface area contributed by atoms with Crippen LogP contribution in [-0.4, -0.2) is 18.1 Å². The van der Waals surface area contributed by atoms with Gasteiger partial charge in [-0.3, -0.25) is 0 Å². The van der Waals surface area contributed by atoms with Gasteiger partial charge >= 0.3 is 0 Å². The third-order valence-corrected chi connectivity index (χ3v) is 4.46. The molecule has 0 aliphatic heterocycles. The molecule has 0 amide bonds. The van der Waals surface area contributed by atoms with E-state index in [1.165, 1.54) is 11.3 Å². The van der Waals surface area contributed by atoms with Crippen LogP contribution in [0.25, 0.3) is 10.6 Å². The Bertz CT molecular complexity index is 858. The fourth-order valence-corrected chi connectivity index (χ4v) is 3.10. The van der Waals surface area contributed by atoms with Crippen molar-refractivity contribution >= 4 is 17.3 Å². The third-order valence-electron chi connectivity index (χ3n) is 3.52. The molecule has 1 heterocycles. The van der Waals surface area contributed by atoms with Gasteiger partial charge in [0.05, 0.1) is 12.8 Å². The van der Waals surface area contributed by atoms with Crippen LogP contribution in [0.3, 0.4) is 0 Å². The number of carbonyl (C=O) groups excluding carboxylic acids is 1. The summed E-state index contributed by atoms with van der Waals surface area (Å²) in [6, 6.07) is 15.3. The number of aliphatic carboxylic acids is 1. The van der Waals surface area contributed by atoms with Crippen LogP contribution < -0.4 is 14.6 Å². The van der Waals surface area contributed by atoms with E-state index in [1.807, 2.05) is 48.5 Å². The van der Waals surface area contributed by atoms with Crippen LogP contribution in [0.2, 0.25) is 0 Å². The van der Waals surface area contributed by atoms with Crippen molar-refractivity contribution in [2.45, 2.75) is 13.0 Å². The summed E-state index contributed by atoms with van der Waals surface area (Å²) < 4.78 is 10.9. The molecule has 1 aromatic heterocycles. The SMILES string of the molecule is COc1cccc(OCc2ccc(-c3nc(CC(=O)[O-])cs3)cc2)c1. The van der Waals surface area contributed by atoms with Gasteiger partial charge in [0.2, 0.25) is 0 Å². The van der Waals surface area contributed by atoms with E-state index < -0.39 is 5.97 Å². The number of carboxylic acid groups (broad SMARTS) is 1. The molecule has 0 radical (unpaired) electrons. The molecule has 0 aliphatic rings. The van der Waals surface area contributed by atoms with Crippen molar-refractivity contribution < 1.29 is 19.4 Å². The van der Waals surface area contributed by atoms with Crippen molar-refractivity contribution in [1.82, 2.24) is 4.98 Å². The Kier molecular flexibility index (Phi) is 5.30. The molecule has 0 spiro atoms. The molecule has 0 unspecified atom stereocenters. The van der Waals surface area contributed by atoms with Gasteiger partial charge in [-0.1, -0.05) is 30.3 Å². The number of nitrogens with zero attached hydrogens (tertiary/aromatic N) is 1. The first kappa shape index (κ1) is 17.0. The van der Waals surface area contributed by atoms with Gasteiger partial charge < -0.3 is 19.4 Å². The van der Waals surface area contributed by atoms with Crippen molar-refractivity contribution in [1.29, 1.82) is 0 Å². The Morgan fingerprint density at radius 1 is 1.16 bits per heavy atom. The van der Waals surface area contributed by atoms with E-state index >= 15 is 0 Å². The number of hydrogen-bond donors (Lipinski definition) is 0. The molecule has 0 N–H and O–H groups in total. The Hall–Kier alpha value is -2.86. The fourth-order valence-electron chi connectivity index (χ4n) is 2.27. The molecule has 0 saturated carbocycles. The highest BCUT2D eigenvalue weighted by atomic mass is 32.1. The number of methoxy groups -OCH3 is 1. The van der Waals surface area contributed by atoms with Gasteiger partial charge in [-0.05, 0) is 17.7 Å². The lowest BCUT2D eigenvalue weighted by Crippen LogP contribution is -2.24. The molecule has 0 fully saturated rings. The molecule has 0 saturated heterocycles. The zero-order valence-corrected chi connectivity index (χ0v) is 14.4. The van der Waals surface area contributed by atoms with Gasteiger partial charge in [-0.25, -0.2) is 4.98 Å². The minimum Gasteiger partial charge on any atom is -0.550 e. The Balaban J connectivity index is 1.63. The second kappa shape index (κ2) is 7.81. The van der Waals surface area contributed by atoms with Crippen LogP contribution in [-0.2, 0) is 17.8 Å². The first-order valence-corrected chi connectivity index (χ1v) is 8.52. The number of rotatable bonds is 7. The maximum absolute atomic E-state index is 10.6. The Labute approximate surface area is 149 Å². The lowest BCUT2D eigenvalue weighted by atomic mass is 10.1. The summed E-state index contributed by atoms with van der Waals surface area (Å²) in [5.41, 5.74) is 2.49. The molecule has 0 bridgehead atoms. The zero-order chi connectivity index (χ0) is 17.6. The largest absolute Gasteiger partial charge is 0.550 e. The molecule has 25 heavy (non-hydrogen) atoms. The normalized spacial score (nSPS) is 10.4. The first-order valence-electron chi connectivity index (χ1n) is 7.64. The molecule has 0 atom stereocenters. The summed E-state index contributed by atoms with van der Waals surface area (Å²) in [6.45, 7) is 0.446. The van der Waals surface area contributed by atoms with E-state index in [9.17, 15) is 9.90 Å². The van der Waals surface area contributed by atoms with Crippen LogP contribution in [0, 0.1) is 0 Å². The van der Waals surface area contributed by atoms with Gasteiger partial charge in [-0.15, -0.1) is 11.3 Å². The number of aromatic nitrogens is 1. The predicted molar refractivity (Wildman–Crippen MR) is 93.6 cm³/mol. The summed E-state index contributed by atoms with van der Waals surface area (Å²) in [7, 11) is 1.62. The second-order valence-corrected chi connectivity index (χ2v) is 6.22. The monoisotopic (exact) mass is 354 g/mol. The van der Waals surface area contributed by atoms with Gasteiger partial charge in [-0.2, -0.15) is 0 Å². The summed E-state index contributed by atoms with van der Waals surface area (Å²) >= 11 is 1.42. The molecule has 2 aromatic carbocycles. The smallest absolute Gasteiger partial charge is 0.123 e. The van der Waals surface area contributed by atoms with Gasteiger partial charge in [0.1, 0.15) is 23.1 Å². The summed E-state index contributed by atoms with van der Waals surface area (Å²) in [5, 5.41) is 13.1.